The number of halogens is 2. The number of aromatic nitrogens is 1. The van der Waals surface area contributed by atoms with Crippen molar-refractivity contribution in [2.24, 2.45) is 0 Å². The fraction of sp³-hybridized carbons (Fsp3) is 0.273. The molecule has 0 radical (unpaired) electrons. The predicted molar refractivity (Wildman–Crippen MR) is 120 cm³/mol. The van der Waals surface area contributed by atoms with Gasteiger partial charge < -0.3 is 15.5 Å². The van der Waals surface area contributed by atoms with Crippen LogP contribution in [0.1, 0.15) is 5.56 Å². The van der Waals surface area contributed by atoms with Crippen molar-refractivity contribution in [2.75, 3.05) is 36.4 Å². The molecule has 2 N–H and O–H groups in total. The topological polar surface area (TPSA) is 57.3 Å². The number of alkyl halides is 1. The van der Waals surface area contributed by atoms with Crippen LogP contribution >= 0.6 is 23.2 Å². The molecule has 0 aliphatic carbocycles. The highest BCUT2D eigenvalue weighted by atomic mass is 35.5. The Morgan fingerprint density at radius 2 is 1.86 bits per heavy atom. The Kier molecular flexibility index (Phi) is 6.19. The minimum atomic E-state index is -0.697. The van der Waals surface area contributed by atoms with Gasteiger partial charge in [0.05, 0.1) is 16.2 Å². The molecule has 29 heavy (non-hydrogen) atoms. The first-order valence-electron chi connectivity index (χ1n) is 9.65. The molecule has 1 amide bonds. The molecular formula is C22H22Cl2N4O. The number of carbonyl (C=O) groups is 1. The number of hydrogen-bond acceptors (Lipinski definition) is 4. The Hall–Kier alpha value is -2.34. The van der Waals surface area contributed by atoms with Crippen LogP contribution in [0.3, 0.4) is 0 Å². The Morgan fingerprint density at radius 3 is 2.62 bits per heavy atom. The zero-order valence-corrected chi connectivity index (χ0v) is 17.4. The third-order valence-electron chi connectivity index (χ3n) is 5.04. The summed E-state index contributed by atoms with van der Waals surface area (Å²) in [6.45, 7) is 3.73. The van der Waals surface area contributed by atoms with Crippen LogP contribution in [0.5, 0.6) is 0 Å². The Bertz CT molecular complexity index is 1010. The SMILES string of the molecule is O=C(Nc1c(Cl)ccc2nc(N3CCNCC3)ccc12)C(Cl)Cc1ccccc1. The van der Waals surface area contributed by atoms with Crippen molar-refractivity contribution in [1.29, 1.82) is 0 Å². The number of piperazine rings is 1. The number of rotatable bonds is 5. The van der Waals surface area contributed by atoms with E-state index in [0.717, 1.165) is 48.5 Å². The largest absolute Gasteiger partial charge is 0.354 e. The molecule has 5 nitrogen and oxygen atoms in total. The van der Waals surface area contributed by atoms with Crippen molar-refractivity contribution in [1.82, 2.24) is 10.3 Å². The summed E-state index contributed by atoms with van der Waals surface area (Å²) in [6, 6.07) is 17.3. The first kappa shape index (κ1) is 20.0. The van der Waals surface area contributed by atoms with Crippen LogP contribution in [-0.4, -0.2) is 42.4 Å². The molecule has 2 heterocycles. The summed E-state index contributed by atoms with van der Waals surface area (Å²) in [4.78, 5) is 19.7. The lowest BCUT2D eigenvalue weighted by molar-refractivity contribution is -0.115. The number of benzene rings is 2. The lowest BCUT2D eigenvalue weighted by Crippen LogP contribution is -2.43. The molecule has 1 aliphatic rings. The van der Waals surface area contributed by atoms with Crippen LogP contribution < -0.4 is 15.5 Å². The molecule has 4 rings (SSSR count). The second kappa shape index (κ2) is 8.99. The van der Waals surface area contributed by atoms with Gasteiger partial charge in [0.15, 0.2) is 0 Å². The summed E-state index contributed by atoms with van der Waals surface area (Å²) in [7, 11) is 0. The van der Waals surface area contributed by atoms with Crippen molar-refractivity contribution in [2.45, 2.75) is 11.8 Å². The van der Waals surface area contributed by atoms with Crippen LogP contribution in [-0.2, 0) is 11.2 Å². The van der Waals surface area contributed by atoms with Gasteiger partial charge in [-0.25, -0.2) is 4.98 Å². The first-order valence-corrected chi connectivity index (χ1v) is 10.5. The van der Waals surface area contributed by atoms with E-state index in [9.17, 15) is 4.79 Å². The lowest BCUT2D eigenvalue weighted by atomic mass is 10.1. The highest BCUT2D eigenvalue weighted by Crippen LogP contribution is 2.32. The van der Waals surface area contributed by atoms with Crippen LogP contribution in [0, 0.1) is 0 Å². The van der Waals surface area contributed by atoms with Crippen LogP contribution in [0.25, 0.3) is 10.9 Å². The van der Waals surface area contributed by atoms with Crippen molar-refractivity contribution in [3.8, 4) is 0 Å². The number of carbonyl (C=O) groups excluding carboxylic acids is 1. The molecule has 1 fully saturated rings. The van der Waals surface area contributed by atoms with Gasteiger partial charge in [0, 0.05) is 31.6 Å². The fourth-order valence-electron chi connectivity index (χ4n) is 3.48. The molecular weight excluding hydrogens is 407 g/mol. The summed E-state index contributed by atoms with van der Waals surface area (Å²) in [5.41, 5.74) is 2.34. The second-order valence-electron chi connectivity index (χ2n) is 7.04. The molecule has 1 atom stereocenters. The van der Waals surface area contributed by atoms with Gasteiger partial charge in [-0.2, -0.15) is 0 Å². The average Bonchev–Trinajstić information content (AvgIpc) is 2.76. The van der Waals surface area contributed by atoms with E-state index in [1.54, 1.807) is 6.07 Å². The fourth-order valence-corrected chi connectivity index (χ4v) is 3.92. The van der Waals surface area contributed by atoms with Gasteiger partial charge in [-0.1, -0.05) is 41.9 Å². The van der Waals surface area contributed by atoms with Crippen molar-refractivity contribution in [3.05, 3.63) is 65.2 Å². The molecule has 0 spiro atoms. The molecule has 2 aromatic carbocycles. The highest BCUT2D eigenvalue weighted by molar-refractivity contribution is 6.37. The zero-order valence-electron chi connectivity index (χ0n) is 15.9. The number of nitrogens with one attached hydrogen (secondary N) is 2. The van der Waals surface area contributed by atoms with E-state index in [0.29, 0.717) is 17.1 Å². The smallest absolute Gasteiger partial charge is 0.242 e. The summed E-state index contributed by atoms with van der Waals surface area (Å²) in [6.07, 6.45) is 0.446. The maximum absolute atomic E-state index is 12.7. The number of amides is 1. The summed E-state index contributed by atoms with van der Waals surface area (Å²) in [5.74, 6) is 0.647. The van der Waals surface area contributed by atoms with Crippen molar-refractivity contribution in [3.63, 3.8) is 0 Å². The van der Waals surface area contributed by atoms with Gasteiger partial charge in [0.25, 0.3) is 0 Å². The first-order chi connectivity index (χ1) is 14.1. The lowest BCUT2D eigenvalue weighted by Gasteiger charge is -2.28. The maximum atomic E-state index is 12.7. The summed E-state index contributed by atoms with van der Waals surface area (Å²) >= 11 is 12.8. The normalized spacial score (nSPS) is 15.3. The molecule has 1 aliphatic heterocycles. The maximum Gasteiger partial charge on any atom is 0.242 e. The predicted octanol–water partition coefficient (Wildman–Crippen LogP) is 4.09. The van der Waals surface area contributed by atoms with Crippen molar-refractivity contribution < 1.29 is 4.79 Å². The number of fused-ring (bicyclic) bond motifs is 1. The molecule has 3 aromatic rings. The quantitative estimate of drug-likeness (QED) is 0.600. The van der Waals surface area contributed by atoms with E-state index >= 15 is 0 Å². The zero-order chi connectivity index (χ0) is 20.2. The van der Waals surface area contributed by atoms with Gasteiger partial charge >= 0.3 is 0 Å². The molecule has 7 heteroatoms. The summed E-state index contributed by atoms with van der Waals surface area (Å²) in [5, 5.41) is 6.81. The molecule has 0 saturated carbocycles. The third kappa shape index (κ3) is 4.64. The average molecular weight is 429 g/mol. The van der Waals surface area contributed by atoms with Gasteiger partial charge in [0.2, 0.25) is 5.91 Å². The van der Waals surface area contributed by atoms with Crippen molar-refractivity contribution >= 4 is 51.5 Å². The van der Waals surface area contributed by atoms with Crippen LogP contribution in [0.4, 0.5) is 11.5 Å². The number of hydrogen-bond donors (Lipinski definition) is 2. The Morgan fingerprint density at radius 1 is 1.10 bits per heavy atom. The minimum absolute atomic E-state index is 0.281. The van der Waals surface area contributed by atoms with Crippen LogP contribution in [0.2, 0.25) is 5.02 Å². The molecule has 1 saturated heterocycles. The highest BCUT2D eigenvalue weighted by Gasteiger charge is 2.19. The van der Waals surface area contributed by atoms with Gasteiger partial charge in [-0.15, -0.1) is 11.6 Å². The van der Waals surface area contributed by atoms with Gasteiger partial charge in [-0.05, 0) is 36.2 Å². The standard InChI is InChI=1S/C22H22Cl2N4O/c23-17-7-8-19-16(6-9-20(26-19)28-12-10-25-11-13-28)21(17)27-22(29)18(24)14-15-4-2-1-3-5-15/h1-9,18,25H,10-14H2,(H,27,29). The number of anilines is 2. The number of pyridine rings is 1. The van der Waals surface area contributed by atoms with E-state index < -0.39 is 5.38 Å². The summed E-state index contributed by atoms with van der Waals surface area (Å²) < 4.78 is 0. The molecule has 150 valence electrons. The number of nitrogens with zero attached hydrogens (tertiary/aromatic N) is 2. The Balaban J connectivity index is 1.56. The molecule has 1 unspecified atom stereocenters. The van der Waals surface area contributed by atoms with E-state index in [2.05, 4.69) is 15.5 Å². The van der Waals surface area contributed by atoms with E-state index in [-0.39, 0.29) is 5.91 Å². The second-order valence-corrected chi connectivity index (χ2v) is 7.98. The minimum Gasteiger partial charge on any atom is -0.354 e. The third-order valence-corrected chi connectivity index (χ3v) is 5.70. The molecule has 0 bridgehead atoms. The van der Waals surface area contributed by atoms with E-state index in [1.807, 2.05) is 48.5 Å². The van der Waals surface area contributed by atoms with Crippen LogP contribution in [0.15, 0.2) is 54.6 Å². The van der Waals surface area contributed by atoms with Gasteiger partial charge in [-0.3, -0.25) is 4.79 Å². The monoisotopic (exact) mass is 428 g/mol. The van der Waals surface area contributed by atoms with Gasteiger partial charge in [0.1, 0.15) is 11.2 Å². The van der Waals surface area contributed by atoms with E-state index in [4.69, 9.17) is 28.2 Å². The molecule has 1 aromatic heterocycles. The van der Waals surface area contributed by atoms with E-state index in [1.165, 1.54) is 0 Å². The Labute approximate surface area is 180 Å².